The SMILES string of the molecule is CCOCC(C)OCc1cc2ccccc2nc1Cl. The van der Waals surface area contributed by atoms with Crippen molar-refractivity contribution in [3.63, 3.8) is 0 Å². The van der Waals surface area contributed by atoms with E-state index in [9.17, 15) is 0 Å². The molecule has 0 spiro atoms. The van der Waals surface area contributed by atoms with E-state index in [1.807, 2.05) is 44.2 Å². The van der Waals surface area contributed by atoms with Crippen molar-refractivity contribution < 1.29 is 9.47 Å². The highest BCUT2D eigenvalue weighted by atomic mass is 35.5. The Morgan fingerprint density at radius 1 is 1.32 bits per heavy atom. The van der Waals surface area contributed by atoms with E-state index in [1.165, 1.54) is 0 Å². The first-order valence-corrected chi connectivity index (χ1v) is 6.82. The quantitative estimate of drug-likeness (QED) is 0.753. The lowest BCUT2D eigenvalue weighted by atomic mass is 10.2. The van der Waals surface area contributed by atoms with E-state index in [0.29, 0.717) is 25.0 Å². The Labute approximate surface area is 118 Å². The zero-order valence-corrected chi connectivity index (χ0v) is 12.0. The highest BCUT2D eigenvalue weighted by Gasteiger charge is 2.08. The van der Waals surface area contributed by atoms with Crippen LogP contribution in [0.15, 0.2) is 30.3 Å². The van der Waals surface area contributed by atoms with Gasteiger partial charge in [-0.3, -0.25) is 0 Å². The van der Waals surface area contributed by atoms with E-state index in [4.69, 9.17) is 21.1 Å². The van der Waals surface area contributed by atoms with Crippen LogP contribution in [-0.2, 0) is 16.1 Å². The molecule has 0 saturated heterocycles. The second kappa shape index (κ2) is 6.85. The van der Waals surface area contributed by atoms with E-state index in [0.717, 1.165) is 16.5 Å². The summed E-state index contributed by atoms with van der Waals surface area (Å²) in [6.45, 7) is 5.70. The number of fused-ring (bicyclic) bond motifs is 1. The Kier molecular flexibility index (Phi) is 5.14. The van der Waals surface area contributed by atoms with Crippen LogP contribution < -0.4 is 0 Å². The Balaban J connectivity index is 2.06. The molecule has 1 atom stereocenters. The molecule has 1 aromatic heterocycles. The molecule has 0 fully saturated rings. The van der Waals surface area contributed by atoms with Crippen LogP contribution in [-0.4, -0.2) is 24.3 Å². The van der Waals surface area contributed by atoms with E-state index >= 15 is 0 Å². The number of hydrogen-bond acceptors (Lipinski definition) is 3. The minimum Gasteiger partial charge on any atom is -0.379 e. The van der Waals surface area contributed by atoms with Crippen molar-refractivity contribution in [1.29, 1.82) is 0 Å². The summed E-state index contributed by atoms with van der Waals surface area (Å²) in [5.74, 6) is 0. The second-order valence-electron chi connectivity index (χ2n) is 4.41. The standard InChI is InChI=1S/C15H18ClNO2/c1-3-18-9-11(2)19-10-13-8-12-6-4-5-7-14(12)17-15(13)16/h4-8,11H,3,9-10H2,1-2H3. The number of aromatic nitrogens is 1. The maximum atomic E-state index is 6.17. The third kappa shape index (κ3) is 3.90. The Hall–Kier alpha value is -1.16. The summed E-state index contributed by atoms with van der Waals surface area (Å²) < 4.78 is 11.0. The van der Waals surface area contributed by atoms with Gasteiger partial charge in [-0.25, -0.2) is 4.98 Å². The number of benzene rings is 1. The molecule has 102 valence electrons. The fourth-order valence-corrected chi connectivity index (χ4v) is 2.00. The van der Waals surface area contributed by atoms with Crippen LogP contribution in [0, 0.1) is 0 Å². The molecule has 1 aromatic carbocycles. The number of ether oxygens (including phenoxy) is 2. The fraction of sp³-hybridized carbons (Fsp3) is 0.400. The van der Waals surface area contributed by atoms with Gasteiger partial charge in [0.05, 0.1) is 24.8 Å². The van der Waals surface area contributed by atoms with Gasteiger partial charge in [0.1, 0.15) is 5.15 Å². The average molecular weight is 280 g/mol. The monoisotopic (exact) mass is 279 g/mol. The van der Waals surface area contributed by atoms with Crippen LogP contribution in [0.4, 0.5) is 0 Å². The summed E-state index contributed by atoms with van der Waals surface area (Å²) >= 11 is 6.17. The molecule has 19 heavy (non-hydrogen) atoms. The number of hydrogen-bond donors (Lipinski definition) is 0. The smallest absolute Gasteiger partial charge is 0.135 e. The largest absolute Gasteiger partial charge is 0.379 e. The number of para-hydroxylation sites is 1. The summed E-state index contributed by atoms with van der Waals surface area (Å²) in [4.78, 5) is 4.37. The van der Waals surface area contributed by atoms with Gasteiger partial charge < -0.3 is 9.47 Å². The highest BCUT2D eigenvalue weighted by molar-refractivity contribution is 6.30. The van der Waals surface area contributed by atoms with E-state index in [2.05, 4.69) is 4.98 Å². The van der Waals surface area contributed by atoms with Crippen molar-refractivity contribution in [3.8, 4) is 0 Å². The van der Waals surface area contributed by atoms with Gasteiger partial charge >= 0.3 is 0 Å². The molecule has 4 heteroatoms. The van der Waals surface area contributed by atoms with Crippen LogP contribution >= 0.6 is 11.6 Å². The predicted octanol–water partition coefficient (Wildman–Crippen LogP) is 3.83. The molecular formula is C15H18ClNO2. The number of nitrogens with zero attached hydrogens (tertiary/aromatic N) is 1. The topological polar surface area (TPSA) is 31.4 Å². The number of pyridine rings is 1. The molecule has 1 unspecified atom stereocenters. The predicted molar refractivity (Wildman–Crippen MR) is 77.5 cm³/mol. The molecule has 0 N–H and O–H groups in total. The van der Waals surface area contributed by atoms with Gasteiger partial charge in [-0.2, -0.15) is 0 Å². The normalized spacial score (nSPS) is 12.8. The average Bonchev–Trinajstić information content (AvgIpc) is 2.42. The third-order valence-corrected chi connectivity index (χ3v) is 3.16. The van der Waals surface area contributed by atoms with Gasteiger partial charge in [0.25, 0.3) is 0 Å². The summed E-state index contributed by atoms with van der Waals surface area (Å²) in [5.41, 5.74) is 1.81. The van der Waals surface area contributed by atoms with Crippen molar-refractivity contribution in [2.24, 2.45) is 0 Å². The van der Waals surface area contributed by atoms with Gasteiger partial charge in [0, 0.05) is 17.6 Å². The molecule has 0 aliphatic carbocycles. The summed E-state index contributed by atoms with van der Waals surface area (Å²) in [6, 6.07) is 9.93. The zero-order chi connectivity index (χ0) is 13.7. The Bertz CT molecular complexity index is 545. The molecule has 0 radical (unpaired) electrons. The van der Waals surface area contributed by atoms with Crippen molar-refractivity contribution in [2.45, 2.75) is 26.6 Å². The minimum atomic E-state index is 0.0440. The van der Waals surface area contributed by atoms with Crippen LogP contribution in [0.25, 0.3) is 10.9 Å². The molecule has 0 bridgehead atoms. The third-order valence-electron chi connectivity index (χ3n) is 2.83. The van der Waals surface area contributed by atoms with E-state index < -0.39 is 0 Å². The van der Waals surface area contributed by atoms with Gasteiger partial charge in [0.2, 0.25) is 0 Å². The Morgan fingerprint density at radius 3 is 2.89 bits per heavy atom. The maximum absolute atomic E-state index is 6.17. The van der Waals surface area contributed by atoms with E-state index in [-0.39, 0.29) is 6.10 Å². The van der Waals surface area contributed by atoms with Gasteiger partial charge in [-0.05, 0) is 26.0 Å². The Morgan fingerprint density at radius 2 is 2.11 bits per heavy atom. The number of rotatable bonds is 6. The molecule has 2 aromatic rings. The van der Waals surface area contributed by atoms with Crippen molar-refractivity contribution in [2.75, 3.05) is 13.2 Å². The first-order chi connectivity index (χ1) is 9.20. The van der Waals surface area contributed by atoms with Crippen LogP contribution in [0.2, 0.25) is 5.15 Å². The molecule has 0 amide bonds. The van der Waals surface area contributed by atoms with Crippen molar-refractivity contribution >= 4 is 22.5 Å². The van der Waals surface area contributed by atoms with Crippen LogP contribution in [0.3, 0.4) is 0 Å². The lowest BCUT2D eigenvalue weighted by Crippen LogP contribution is -2.16. The van der Waals surface area contributed by atoms with Crippen molar-refractivity contribution in [3.05, 3.63) is 41.0 Å². The van der Waals surface area contributed by atoms with Crippen molar-refractivity contribution in [1.82, 2.24) is 4.98 Å². The highest BCUT2D eigenvalue weighted by Crippen LogP contribution is 2.21. The fourth-order valence-electron chi connectivity index (χ4n) is 1.80. The van der Waals surface area contributed by atoms with Crippen LogP contribution in [0.5, 0.6) is 0 Å². The second-order valence-corrected chi connectivity index (χ2v) is 4.77. The molecule has 0 aliphatic heterocycles. The molecule has 2 rings (SSSR count). The van der Waals surface area contributed by atoms with Crippen LogP contribution in [0.1, 0.15) is 19.4 Å². The lowest BCUT2D eigenvalue weighted by Gasteiger charge is -2.13. The molecule has 1 heterocycles. The van der Waals surface area contributed by atoms with Gasteiger partial charge in [-0.15, -0.1) is 0 Å². The van der Waals surface area contributed by atoms with E-state index in [1.54, 1.807) is 0 Å². The molecule has 0 saturated carbocycles. The number of halogens is 1. The van der Waals surface area contributed by atoms with Gasteiger partial charge in [-0.1, -0.05) is 29.8 Å². The minimum absolute atomic E-state index is 0.0440. The van der Waals surface area contributed by atoms with Gasteiger partial charge in [0.15, 0.2) is 0 Å². The maximum Gasteiger partial charge on any atom is 0.135 e. The summed E-state index contributed by atoms with van der Waals surface area (Å²) in [5, 5.41) is 1.57. The zero-order valence-electron chi connectivity index (χ0n) is 11.2. The molecular weight excluding hydrogens is 262 g/mol. The first kappa shape index (κ1) is 14.3. The molecule has 0 aliphatic rings. The lowest BCUT2D eigenvalue weighted by molar-refractivity contribution is -0.0116. The first-order valence-electron chi connectivity index (χ1n) is 6.44. The summed E-state index contributed by atoms with van der Waals surface area (Å²) in [7, 11) is 0. The molecule has 3 nitrogen and oxygen atoms in total. The summed E-state index contributed by atoms with van der Waals surface area (Å²) in [6.07, 6.45) is 0.0440.